The summed E-state index contributed by atoms with van der Waals surface area (Å²) >= 11 is 0. The number of alkyl halides is 2. The Labute approximate surface area is 143 Å². The lowest BCUT2D eigenvalue weighted by Crippen LogP contribution is -2.47. The number of rotatable bonds is 6. The van der Waals surface area contributed by atoms with Gasteiger partial charge in [0.2, 0.25) is 0 Å². The molecule has 0 saturated heterocycles. The maximum Gasteiger partial charge on any atom is 0.387 e. The Kier molecular flexibility index (Phi) is 5.74. The fraction of sp³-hybridized carbons (Fsp3) is 0.294. The number of nitrogens with zero attached hydrogens (tertiary/aromatic N) is 1. The van der Waals surface area contributed by atoms with Crippen molar-refractivity contribution in [1.82, 2.24) is 10.2 Å². The highest BCUT2D eigenvalue weighted by Gasteiger charge is 2.35. The summed E-state index contributed by atoms with van der Waals surface area (Å²) in [5.41, 5.74) is 1.23. The van der Waals surface area contributed by atoms with Crippen LogP contribution in [0.1, 0.15) is 18.5 Å². The van der Waals surface area contributed by atoms with E-state index in [1.807, 2.05) is 0 Å². The number of ether oxygens (including phenoxy) is 2. The van der Waals surface area contributed by atoms with Gasteiger partial charge in [-0.05, 0) is 24.6 Å². The molecule has 1 heterocycles. The van der Waals surface area contributed by atoms with E-state index in [0.29, 0.717) is 11.3 Å². The van der Waals surface area contributed by atoms with Gasteiger partial charge in [-0.15, -0.1) is 6.58 Å². The Morgan fingerprint density at radius 1 is 1.40 bits per heavy atom. The largest absolute Gasteiger partial charge is 0.466 e. The maximum absolute atomic E-state index is 12.3. The van der Waals surface area contributed by atoms with Gasteiger partial charge in [0.25, 0.3) is 0 Å². The fourth-order valence-electron chi connectivity index (χ4n) is 2.60. The van der Waals surface area contributed by atoms with Crippen LogP contribution in [0.15, 0.2) is 48.2 Å². The number of allylic oxidation sites excluding steroid dienone is 1. The van der Waals surface area contributed by atoms with E-state index in [1.54, 1.807) is 6.92 Å². The molecule has 0 aliphatic carbocycles. The van der Waals surface area contributed by atoms with Crippen molar-refractivity contribution in [1.29, 1.82) is 0 Å². The van der Waals surface area contributed by atoms with Gasteiger partial charge in [0, 0.05) is 12.2 Å². The highest BCUT2D eigenvalue weighted by molar-refractivity contribution is 5.95. The van der Waals surface area contributed by atoms with Gasteiger partial charge < -0.3 is 14.8 Å². The average Bonchev–Trinajstić information content (AvgIpc) is 2.57. The standard InChI is InChI=1S/C17H18F2N2O4/c1-4-9-21-10(2)13(15(22)24-3)14(20-17(21)23)11-5-7-12(8-6-11)25-16(18)19/h4-8,14,16H,1,9H2,2-3H3,(H,20,23)/t14-/m1/s1. The van der Waals surface area contributed by atoms with Crippen LogP contribution in [0.3, 0.4) is 0 Å². The number of esters is 1. The minimum absolute atomic E-state index is 0.0190. The summed E-state index contributed by atoms with van der Waals surface area (Å²) in [6, 6.07) is 4.52. The maximum atomic E-state index is 12.3. The third kappa shape index (κ3) is 3.96. The van der Waals surface area contributed by atoms with E-state index < -0.39 is 24.7 Å². The molecule has 134 valence electrons. The number of benzene rings is 1. The molecule has 0 bridgehead atoms. The number of carbonyl (C=O) groups is 2. The second kappa shape index (κ2) is 7.78. The second-order valence-electron chi connectivity index (χ2n) is 5.22. The molecule has 0 spiro atoms. The zero-order valence-corrected chi connectivity index (χ0v) is 13.8. The Bertz CT molecular complexity index is 701. The van der Waals surface area contributed by atoms with Crippen LogP contribution in [0.4, 0.5) is 13.6 Å². The highest BCUT2D eigenvalue weighted by atomic mass is 19.3. The van der Waals surface area contributed by atoms with E-state index in [0.717, 1.165) is 0 Å². The van der Waals surface area contributed by atoms with Crippen molar-refractivity contribution in [2.24, 2.45) is 0 Å². The number of halogens is 2. The number of hydrogen-bond donors (Lipinski definition) is 1. The van der Waals surface area contributed by atoms with Crippen LogP contribution < -0.4 is 10.1 Å². The molecule has 0 radical (unpaired) electrons. The SMILES string of the molecule is C=CCN1C(=O)N[C@H](c2ccc(OC(F)F)cc2)C(C(=O)OC)=C1C. The topological polar surface area (TPSA) is 67.9 Å². The van der Waals surface area contributed by atoms with Crippen molar-refractivity contribution < 1.29 is 27.8 Å². The van der Waals surface area contributed by atoms with Crippen LogP contribution in [-0.2, 0) is 9.53 Å². The van der Waals surface area contributed by atoms with E-state index in [1.165, 1.54) is 42.4 Å². The van der Waals surface area contributed by atoms with Crippen LogP contribution in [0.2, 0.25) is 0 Å². The van der Waals surface area contributed by atoms with Crippen LogP contribution in [0.25, 0.3) is 0 Å². The normalized spacial score (nSPS) is 17.4. The summed E-state index contributed by atoms with van der Waals surface area (Å²) in [5, 5.41) is 2.72. The summed E-state index contributed by atoms with van der Waals surface area (Å²) in [5.74, 6) is -0.612. The van der Waals surface area contributed by atoms with Crippen molar-refractivity contribution >= 4 is 12.0 Å². The molecular weight excluding hydrogens is 334 g/mol. The summed E-state index contributed by atoms with van der Waals surface area (Å²) in [4.78, 5) is 25.9. The Balaban J connectivity index is 2.42. The van der Waals surface area contributed by atoms with E-state index in [4.69, 9.17) is 4.74 Å². The van der Waals surface area contributed by atoms with E-state index in [2.05, 4.69) is 16.6 Å². The van der Waals surface area contributed by atoms with Crippen molar-refractivity contribution in [3.63, 3.8) is 0 Å². The molecule has 0 unspecified atom stereocenters. The van der Waals surface area contributed by atoms with Crippen LogP contribution >= 0.6 is 0 Å². The van der Waals surface area contributed by atoms with Gasteiger partial charge in [-0.2, -0.15) is 8.78 Å². The predicted molar refractivity (Wildman–Crippen MR) is 86.0 cm³/mol. The lowest BCUT2D eigenvalue weighted by atomic mass is 9.95. The van der Waals surface area contributed by atoms with E-state index in [-0.39, 0.29) is 17.9 Å². The second-order valence-corrected chi connectivity index (χ2v) is 5.22. The van der Waals surface area contributed by atoms with Crippen LogP contribution in [0.5, 0.6) is 5.75 Å². The average molecular weight is 352 g/mol. The van der Waals surface area contributed by atoms with Crippen LogP contribution in [-0.4, -0.2) is 37.2 Å². The Morgan fingerprint density at radius 2 is 2.04 bits per heavy atom. The lowest BCUT2D eigenvalue weighted by molar-refractivity contribution is -0.136. The molecule has 1 N–H and O–H groups in total. The van der Waals surface area contributed by atoms with Crippen molar-refractivity contribution in [2.75, 3.05) is 13.7 Å². The van der Waals surface area contributed by atoms with Gasteiger partial charge in [-0.25, -0.2) is 9.59 Å². The number of methoxy groups -OCH3 is 1. The third-order valence-corrected chi connectivity index (χ3v) is 3.75. The Morgan fingerprint density at radius 3 is 2.56 bits per heavy atom. The molecule has 8 heteroatoms. The van der Waals surface area contributed by atoms with Gasteiger partial charge >= 0.3 is 18.6 Å². The molecule has 1 aromatic rings. The molecule has 6 nitrogen and oxygen atoms in total. The minimum Gasteiger partial charge on any atom is -0.466 e. The Hall–Kier alpha value is -2.90. The predicted octanol–water partition coefficient (Wildman–Crippen LogP) is 2.99. The van der Waals surface area contributed by atoms with Crippen molar-refractivity contribution in [2.45, 2.75) is 19.6 Å². The number of urea groups is 1. The molecule has 1 aliphatic heterocycles. The summed E-state index contributed by atoms with van der Waals surface area (Å²) < 4.78 is 33.6. The zero-order chi connectivity index (χ0) is 18.6. The van der Waals surface area contributed by atoms with Gasteiger partial charge in [0.15, 0.2) is 0 Å². The van der Waals surface area contributed by atoms with Gasteiger partial charge in [0.1, 0.15) is 5.75 Å². The quantitative estimate of drug-likeness (QED) is 0.631. The minimum atomic E-state index is -2.93. The molecule has 25 heavy (non-hydrogen) atoms. The highest BCUT2D eigenvalue weighted by Crippen LogP contribution is 2.32. The van der Waals surface area contributed by atoms with Gasteiger partial charge in [-0.1, -0.05) is 18.2 Å². The van der Waals surface area contributed by atoms with E-state index >= 15 is 0 Å². The molecular formula is C17H18F2N2O4. The summed E-state index contributed by atoms with van der Waals surface area (Å²) in [6.07, 6.45) is 1.54. The zero-order valence-electron chi connectivity index (χ0n) is 13.8. The first kappa shape index (κ1) is 18.4. The number of hydrogen-bond acceptors (Lipinski definition) is 4. The first-order valence-corrected chi connectivity index (χ1v) is 7.41. The molecule has 0 aromatic heterocycles. The molecule has 1 aromatic carbocycles. The molecule has 0 saturated carbocycles. The van der Waals surface area contributed by atoms with Crippen molar-refractivity contribution in [3.05, 3.63) is 53.8 Å². The van der Waals surface area contributed by atoms with Crippen molar-refractivity contribution in [3.8, 4) is 5.75 Å². The molecule has 0 fully saturated rings. The first-order chi connectivity index (χ1) is 11.9. The number of nitrogens with one attached hydrogen (secondary N) is 1. The smallest absolute Gasteiger partial charge is 0.387 e. The van der Waals surface area contributed by atoms with E-state index in [9.17, 15) is 18.4 Å². The lowest BCUT2D eigenvalue weighted by Gasteiger charge is -2.34. The molecule has 2 amide bonds. The first-order valence-electron chi connectivity index (χ1n) is 7.41. The monoisotopic (exact) mass is 352 g/mol. The summed E-state index contributed by atoms with van der Waals surface area (Å²) in [7, 11) is 1.24. The fourth-order valence-corrected chi connectivity index (χ4v) is 2.60. The molecule has 2 rings (SSSR count). The summed E-state index contributed by atoms with van der Waals surface area (Å²) in [6.45, 7) is 2.52. The molecule has 1 atom stereocenters. The van der Waals surface area contributed by atoms with Crippen LogP contribution in [0, 0.1) is 0 Å². The third-order valence-electron chi connectivity index (χ3n) is 3.75. The number of amides is 2. The van der Waals surface area contributed by atoms with Gasteiger partial charge in [-0.3, -0.25) is 4.90 Å². The van der Waals surface area contributed by atoms with Gasteiger partial charge in [0.05, 0.1) is 18.7 Å². The molecule has 1 aliphatic rings. The number of carbonyl (C=O) groups excluding carboxylic acids is 2.